The number of carbonyl (C=O) groups excluding carboxylic acids is 1. The number of esters is 1. The lowest BCUT2D eigenvalue weighted by Gasteiger charge is -2.09. The van der Waals surface area contributed by atoms with E-state index in [1.807, 2.05) is 6.07 Å². The van der Waals surface area contributed by atoms with Gasteiger partial charge in [0.1, 0.15) is 6.07 Å². The van der Waals surface area contributed by atoms with Crippen LogP contribution in [0.25, 0.3) is 0 Å². The molecule has 0 radical (unpaired) electrons. The summed E-state index contributed by atoms with van der Waals surface area (Å²) in [5, 5.41) is 18.0. The Morgan fingerprint density at radius 2 is 2.31 bits per heavy atom. The number of nitriles is 1. The second-order valence-electron chi connectivity index (χ2n) is 3.09. The Labute approximate surface area is 102 Å². The molecule has 0 aliphatic carbocycles. The zero-order chi connectivity index (χ0) is 12.1. The van der Waals surface area contributed by atoms with E-state index in [4.69, 9.17) is 10.4 Å². The van der Waals surface area contributed by atoms with Crippen molar-refractivity contribution in [2.24, 2.45) is 0 Å². The van der Waals surface area contributed by atoms with Crippen molar-refractivity contribution in [2.45, 2.75) is 13.0 Å². The highest BCUT2D eigenvalue weighted by molar-refractivity contribution is 9.10. The van der Waals surface area contributed by atoms with Gasteiger partial charge in [-0.2, -0.15) is 5.26 Å². The topological polar surface area (TPSA) is 70.3 Å². The molecule has 0 bridgehead atoms. The summed E-state index contributed by atoms with van der Waals surface area (Å²) in [6.45, 7) is -0.184. The highest BCUT2D eigenvalue weighted by Crippen LogP contribution is 2.25. The third kappa shape index (κ3) is 2.60. The van der Waals surface area contributed by atoms with Gasteiger partial charge in [-0.1, -0.05) is 6.07 Å². The number of aliphatic hydroxyl groups excluding tert-OH is 1. The molecular formula is C11H10BrNO3. The van der Waals surface area contributed by atoms with Crippen LogP contribution in [0, 0.1) is 11.3 Å². The normalized spacial score (nSPS) is 9.62. The number of nitrogens with zero attached hydrogens (tertiary/aromatic N) is 1. The standard InChI is InChI=1S/C11H10BrNO3/c1-16-10(15)4-9-8(6-14)3-2-7(5-13)11(9)12/h2-3,14H,4,6H2,1H3. The number of ether oxygens (including phenoxy) is 1. The highest BCUT2D eigenvalue weighted by Gasteiger charge is 2.14. The fraction of sp³-hybridized carbons (Fsp3) is 0.273. The average molecular weight is 284 g/mol. The van der Waals surface area contributed by atoms with Gasteiger partial charge >= 0.3 is 5.97 Å². The van der Waals surface area contributed by atoms with Crippen LogP contribution in [-0.2, 0) is 22.6 Å². The summed E-state index contributed by atoms with van der Waals surface area (Å²) < 4.78 is 5.09. The van der Waals surface area contributed by atoms with Crippen LogP contribution in [0.15, 0.2) is 16.6 Å². The van der Waals surface area contributed by atoms with Crippen molar-refractivity contribution >= 4 is 21.9 Å². The second-order valence-corrected chi connectivity index (χ2v) is 3.88. The summed E-state index contributed by atoms with van der Waals surface area (Å²) in [5.41, 5.74) is 1.63. The Morgan fingerprint density at radius 3 is 2.81 bits per heavy atom. The van der Waals surface area contributed by atoms with Gasteiger partial charge in [0.15, 0.2) is 0 Å². The summed E-state index contributed by atoms with van der Waals surface area (Å²) in [5.74, 6) is -0.412. The third-order valence-electron chi connectivity index (χ3n) is 2.18. The first-order valence-corrected chi connectivity index (χ1v) is 5.31. The molecule has 4 nitrogen and oxygen atoms in total. The smallest absolute Gasteiger partial charge is 0.310 e. The Morgan fingerprint density at radius 1 is 1.62 bits per heavy atom. The Kier molecular flexibility index (Phi) is 4.47. The predicted octanol–water partition coefficient (Wildman–Crippen LogP) is 1.53. The molecule has 1 N–H and O–H groups in total. The summed E-state index contributed by atoms with van der Waals surface area (Å²) in [6, 6.07) is 5.22. The molecule has 16 heavy (non-hydrogen) atoms. The second kappa shape index (κ2) is 5.64. The molecule has 1 aromatic rings. The molecule has 0 heterocycles. The molecule has 0 saturated carbocycles. The number of rotatable bonds is 3. The molecule has 84 valence electrons. The number of carbonyl (C=O) groups is 1. The summed E-state index contributed by atoms with van der Waals surface area (Å²) >= 11 is 3.25. The number of benzene rings is 1. The van der Waals surface area contributed by atoms with Crippen LogP contribution in [0.2, 0.25) is 0 Å². The number of hydrogen-bond donors (Lipinski definition) is 1. The molecule has 0 aliphatic heterocycles. The van der Waals surface area contributed by atoms with Gasteiger partial charge in [-0.15, -0.1) is 0 Å². The van der Waals surface area contributed by atoms with Gasteiger partial charge in [0.2, 0.25) is 0 Å². The number of halogens is 1. The van der Waals surface area contributed by atoms with E-state index in [2.05, 4.69) is 20.7 Å². The minimum absolute atomic E-state index is 0.0303. The van der Waals surface area contributed by atoms with Gasteiger partial charge in [0, 0.05) is 4.47 Å². The lowest BCUT2D eigenvalue weighted by Crippen LogP contribution is -2.08. The third-order valence-corrected chi connectivity index (χ3v) is 3.09. The molecule has 5 heteroatoms. The number of hydrogen-bond acceptors (Lipinski definition) is 4. The molecule has 0 aliphatic rings. The molecule has 1 aromatic carbocycles. The summed E-state index contributed by atoms with van der Waals surface area (Å²) in [7, 11) is 1.29. The highest BCUT2D eigenvalue weighted by atomic mass is 79.9. The molecule has 1 rings (SSSR count). The van der Waals surface area contributed by atoms with Crippen molar-refractivity contribution in [3.63, 3.8) is 0 Å². The molecule has 0 atom stereocenters. The minimum Gasteiger partial charge on any atom is -0.469 e. The molecule has 0 spiro atoms. The van der Waals surface area contributed by atoms with Gasteiger partial charge in [0.05, 0.1) is 25.7 Å². The summed E-state index contributed by atoms with van der Waals surface area (Å²) in [4.78, 5) is 11.2. The molecule has 0 fully saturated rings. The Hall–Kier alpha value is -1.38. The van der Waals surface area contributed by atoms with Crippen LogP contribution < -0.4 is 0 Å². The lowest BCUT2D eigenvalue weighted by molar-refractivity contribution is -0.139. The quantitative estimate of drug-likeness (QED) is 0.854. The first-order valence-electron chi connectivity index (χ1n) is 4.52. The lowest BCUT2D eigenvalue weighted by atomic mass is 10.0. The first kappa shape index (κ1) is 12.7. The zero-order valence-corrected chi connectivity index (χ0v) is 10.2. The monoisotopic (exact) mass is 283 g/mol. The van der Waals surface area contributed by atoms with Crippen molar-refractivity contribution in [1.29, 1.82) is 5.26 Å². The maximum absolute atomic E-state index is 11.2. The van der Waals surface area contributed by atoms with Crippen LogP contribution in [0.3, 0.4) is 0 Å². The van der Waals surface area contributed by atoms with Crippen molar-refractivity contribution in [1.82, 2.24) is 0 Å². The number of aliphatic hydroxyl groups is 1. The van der Waals surface area contributed by atoms with E-state index in [9.17, 15) is 4.79 Å². The minimum atomic E-state index is -0.412. The number of methoxy groups -OCH3 is 1. The van der Waals surface area contributed by atoms with Crippen molar-refractivity contribution in [2.75, 3.05) is 7.11 Å². The van der Waals surface area contributed by atoms with Crippen LogP contribution in [-0.4, -0.2) is 18.2 Å². The molecule has 0 saturated heterocycles. The van der Waals surface area contributed by atoms with E-state index in [1.54, 1.807) is 12.1 Å². The molecular weight excluding hydrogens is 274 g/mol. The van der Waals surface area contributed by atoms with Gasteiger partial charge in [-0.25, -0.2) is 0 Å². The van der Waals surface area contributed by atoms with Crippen molar-refractivity contribution in [3.8, 4) is 6.07 Å². The van der Waals surface area contributed by atoms with Gasteiger partial charge < -0.3 is 9.84 Å². The largest absolute Gasteiger partial charge is 0.469 e. The van der Waals surface area contributed by atoms with E-state index in [0.717, 1.165) is 0 Å². The average Bonchev–Trinajstić information content (AvgIpc) is 2.31. The van der Waals surface area contributed by atoms with Gasteiger partial charge in [-0.05, 0) is 33.1 Å². The van der Waals surface area contributed by atoms with Crippen LogP contribution in [0.1, 0.15) is 16.7 Å². The zero-order valence-electron chi connectivity index (χ0n) is 8.66. The predicted molar refractivity (Wildman–Crippen MR) is 60.5 cm³/mol. The maximum atomic E-state index is 11.2. The first-order chi connectivity index (χ1) is 7.63. The SMILES string of the molecule is COC(=O)Cc1c(CO)ccc(C#N)c1Br. The fourth-order valence-corrected chi connectivity index (χ4v) is 1.92. The van der Waals surface area contributed by atoms with E-state index in [1.165, 1.54) is 7.11 Å². The fourth-order valence-electron chi connectivity index (χ4n) is 1.30. The van der Waals surface area contributed by atoms with Crippen LogP contribution in [0.4, 0.5) is 0 Å². The van der Waals surface area contributed by atoms with Gasteiger partial charge in [0.25, 0.3) is 0 Å². The molecule has 0 unspecified atom stereocenters. The molecule has 0 aromatic heterocycles. The van der Waals surface area contributed by atoms with E-state index in [0.29, 0.717) is 21.2 Å². The van der Waals surface area contributed by atoms with Crippen molar-refractivity contribution < 1.29 is 14.6 Å². The Bertz CT molecular complexity index is 451. The van der Waals surface area contributed by atoms with E-state index < -0.39 is 5.97 Å². The van der Waals surface area contributed by atoms with E-state index in [-0.39, 0.29) is 13.0 Å². The van der Waals surface area contributed by atoms with Crippen molar-refractivity contribution in [3.05, 3.63) is 33.3 Å². The Balaban J connectivity index is 3.22. The van der Waals surface area contributed by atoms with E-state index >= 15 is 0 Å². The maximum Gasteiger partial charge on any atom is 0.310 e. The van der Waals surface area contributed by atoms with Crippen LogP contribution >= 0.6 is 15.9 Å². The van der Waals surface area contributed by atoms with Crippen LogP contribution in [0.5, 0.6) is 0 Å². The van der Waals surface area contributed by atoms with Gasteiger partial charge in [-0.3, -0.25) is 4.79 Å². The molecule has 0 amide bonds. The summed E-state index contributed by atoms with van der Waals surface area (Å²) in [6.07, 6.45) is 0.0303.